The van der Waals surface area contributed by atoms with Crippen LogP contribution in [-0.4, -0.2) is 5.78 Å². The molecule has 1 atom stereocenters. The van der Waals surface area contributed by atoms with Gasteiger partial charge in [0.2, 0.25) is 0 Å². The molecule has 0 saturated heterocycles. The molecule has 2 aromatic carbocycles. The van der Waals surface area contributed by atoms with Crippen LogP contribution >= 0.6 is 0 Å². The molecule has 0 amide bonds. The van der Waals surface area contributed by atoms with E-state index < -0.39 is 5.92 Å². The van der Waals surface area contributed by atoms with Crippen LogP contribution in [0.2, 0.25) is 0 Å². The number of Topliss-reactive ketones (excluding diaryl/α,β-unsaturated/α-hetero) is 1. The number of benzene rings is 2. The summed E-state index contributed by atoms with van der Waals surface area (Å²) in [4.78, 5) is 11.7. The Bertz CT molecular complexity index is 519. The van der Waals surface area contributed by atoms with Crippen LogP contribution in [0, 0.1) is 11.9 Å². The zero-order valence-corrected chi connectivity index (χ0v) is 9.48. The van der Waals surface area contributed by atoms with Crippen LogP contribution in [0.25, 0.3) is 0 Å². The molecule has 0 aliphatic heterocycles. The minimum absolute atomic E-state index is 0.00167. The van der Waals surface area contributed by atoms with Crippen LogP contribution in [-0.2, 0) is 4.79 Å². The highest BCUT2D eigenvalue weighted by Crippen LogP contribution is 2.25. The van der Waals surface area contributed by atoms with E-state index in [9.17, 15) is 9.18 Å². The molecule has 0 spiro atoms. The van der Waals surface area contributed by atoms with E-state index in [1.807, 2.05) is 12.1 Å². The third kappa shape index (κ3) is 2.59. The highest BCUT2D eigenvalue weighted by molar-refractivity contribution is 5.86. The van der Waals surface area contributed by atoms with Gasteiger partial charge in [-0.1, -0.05) is 36.4 Å². The average molecular weight is 227 g/mol. The number of ketones is 1. The Labute approximate surface area is 99.9 Å². The Kier molecular flexibility index (Phi) is 3.33. The lowest BCUT2D eigenvalue weighted by atomic mass is 9.88. The molecule has 1 unspecified atom stereocenters. The third-order valence-corrected chi connectivity index (χ3v) is 2.67. The summed E-state index contributed by atoms with van der Waals surface area (Å²) >= 11 is 0. The fraction of sp³-hybridized carbons (Fsp3) is 0.133. The number of carbonyl (C=O) groups excluding carboxylic acids is 1. The first-order valence-corrected chi connectivity index (χ1v) is 5.40. The molecule has 0 aromatic heterocycles. The number of halogens is 1. The van der Waals surface area contributed by atoms with Gasteiger partial charge in [-0.05, 0) is 36.2 Å². The van der Waals surface area contributed by atoms with Gasteiger partial charge in [-0.15, -0.1) is 0 Å². The second kappa shape index (κ2) is 4.91. The summed E-state index contributed by atoms with van der Waals surface area (Å²) in [5.41, 5.74) is 1.55. The topological polar surface area (TPSA) is 17.1 Å². The maximum Gasteiger partial charge on any atom is 0.141 e. The van der Waals surface area contributed by atoms with E-state index in [0.29, 0.717) is 5.56 Å². The first-order valence-electron chi connectivity index (χ1n) is 5.40. The van der Waals surface area contributed by atoms with Gasteiger partial charge in [0.1, 0.15) is 11.6 Å². The van der Waals surface area contributed by atoms with E-state index in [4.69, 9.17) is 0 Å². The predicted octanol–water partition coefficient (Wildman–Crippen LogP) is 3.35. The Morgan fingerprint density at radius 3 is 2.47 bits per heavy atom. The van der Waals surface area contributed by atoms with E-state index in [1.54, 1.807) is 24.3 Å². The van der Waals surface area contributed by atoms with Gasteiger partial charge in [0.05, 0.1) is 5.92 Å². The fourth-order valence-corrected chi connectivity index (χ4v) is 1.94. The normalized spacial score (nSPS) is 12.1. The molecule has 1 radical (unpaired) electrons. The molecule has 17 heavy (non-hydrogen) atoms. The van der Waals surface area contributed by atoms with Crippen molar-refractivity contribution in [2.75, 3.05) is 0 Å². The minimum Gasteiger partial charge on any atom is -0.299 e. The number of rotatable bonds is 3. The molecule has 0 heterocycles. The SMILES string of the molecule is CC(=O)C(c1cc[c]cc1)c1cccc(F)c1. The van der Waals surface area contributed by atoms with Crippen molar-refractivity contribution in [3.63, 3.8) is 0 Å². The molecule has 0 fully saturated rings. The predicted molar refractivity (Wildman–Crippen MR) is 64.2 cm³/mol. The molecule has 0 N–H and O–H groups in total. The molecular weight excluding hydrogens is 215 g/mol. The molecule has 0 aliphatic carbocycles. The molecule has 0 aliphatic rings. The zero-order valence-electron chi connectivity index (χ0n) is 9.48. The van der Waals surface area contributed by atoms with Crippen LogP contribution in [0.4, 0.5) is 4.39 Å². The summed E-state index contributed by atoms with van der Waals surface area (Å²) in [5, 5.41) is 0. The lowest BCUT2D eigenvalue weighted by Gasteiger charge is -2.14. The second-order valence-corrected chi connectivity index (χ2v) is 3.93. The fourth-order valence-electron chi connectivity index (χ4n) is 1.94. The van der Waals surface area contributed by atoms with Gasteiger partial charge < -0.3 is 0 Å². The van der Waals surface area contributed by atoms with Crippen LogP contribution in [0.1, 0.15) is 24.0 Å². The number of hydrogen-bond acceptors (Lipinski definition) is 1. The average Bonchev–Trinajstić information content (AvgIpc) is 2.30. The quantitative estimate of drug-likeness (QED) is 0.785. The van der Waals surface area contributed by atoms with Crippen molar-refractivity contribution in [3.05, 3.63) is 71.5 Å². The summed E-state index contributed by atoms with van der Waals surface area (Å²) in [6.45, 7) is 1.52. The summed E-state index contributed by atoms with van der Waals surface area (Å²) in [6.07, 6.45) is 0. The summed E-state index contributed by atoms with van der Waals surface area (Å²) in [5.74, 6) is -0.724. The highest BCUT2D eigenvalue weighted by atomic mass is 19.1. The molecule has 1 nitrogen and oxygen atoms in total. The first kappa shape index (κ1) is 11.5. The van der Waals surface area contributed by atoms with E-state index in [0.717, 1.165) is 5.56 Å². The number of hydrogen-bond donors (Lipinski definition) is 0. The van der Waals surface area contributed by atoms with Gasteiger partial charge in [-0.2, -0.15) is 0 Å². The van der Waals surface area contributed by atoms with Crippen molar-refractivity contribution in [3.8, 4) is 0 Å². The Morgan fingerprint density at radius 1 is 1.18 bits per heavy atom. The van der Waals surface area contributed by atoms with Gasteiger partial charge in [-0.3, -0.25) is 4.79 Å². The standard InChI is InChI=1S/C15H12FO/c1-11(17)15(12-6-3-2-4-7-12)13-8-5-9-14(16)10-13/h3-10,15H,1H3. The van der Waals surface area contributed by atoms with Crippen LogP contribution in [0.15, 0.2) is 48.5 Å². The molecule has 0 bridgehead atoms. The van der Waals surface area contributed by atoms with E-state index in [1.165, 1.54) is 19.1 Å². The molecular formula is C15H12FO. The summed E-state index contributed by atoms with van der Waals surface area (Å²) in [6, 6.07) is 16.2. The Morgan fingerprint density at radius 2 is 1.88 bits per heavy atom. The van der Waals surface area contributed by atoms with Crippen molar-refractivity contribution >= 4 is 5.78 Å². The van der Waals surface area contributed by atoms with Crippen LogP contribution < -0.4 is 0 Å². The molecule has 2 aromatic rings. The monoisotopic (exact) mass is 227 g/mol. The van der Waals surface area contributed by atoms with Gasteiger partial charge in [0.15, 0.2) is 0 Å². The van der Waals surface area contributed by atoms with Gasteiger partial charge >= 0.3 is 0 Å². The number of carbonyl (C=O) groups is 1. The van der Waals surface area contributed by atoms with Crippen molar-refractivity contribution in [2.24, 2.45) is 0 Å². The van der Waals surface area contributed by atoms with Crippen molar-refractivity contribution in [1.29, 1.82) is 0 Å². The third-order valence-electron chi connectivity index (χ3n) is 2.67. The van der Waals surface area contributed by atoms with Gasteiger partial charge in [0, 0.05) is 0 Å². The molecule has 2 heteroatoms. The van der Waals surface area contributed by atoms with Crippen molar-refractivity contribution in [1.82, 2.24) is 0 Å². The summed E-state index contributed by atoms with van der Waals surface area (Å²) in [7, 11) is 0. The van der Waals surface area contributed by atoms with Crippen molar-refractivity contribution in [2.45, 2.75) is 12.8 Å². The smallest absolute Gasteiger partial charge is 0.141 e. The zero-order chi connectivity index (χ0) is 12.3. The lowest BCUT2D eigenvalue weighted by molar-refractivity contribution is -0.117. The molecule has 85 valence electrons. The van der Waals surface area contributed by atoms with Crippen molar-refractivity contribution < 1.29 is 9.18 Å². The highest BCUT2D eigenvalue weighted by Gasteiger charge is 2.18. The van der Waals surface area contributed by atoms with Gasteiger partial charge in [-0.25, -0.2) is 4.39 Å². The maximum absolute atomic E-state index is 13.2. The Balaban J connectivity index is 2.47. The Hall–Kier alpha value is -1.96. The molecule has 2 rings (SSSR count). The lowest BCUT2D eigenvalue weighted by Crippen LogP contribution is -2.10. The van der Waals surface area contributed by atoms with Crippen LogP contribution in [0.3, 0.4) is 0 Å². The minimum atomic E-state index is -0.403. The van der Waals surface area contributed by atoms with Gasteiger partial charge in [0.25, 0.3) is 0 Å². The van der Waals surface area contributed by atoms with E-state index >= 15 is 0 Å². The van der Waals surface area contributed by atoms with E-state index in [2.05, 4.69) is 6.07 Å². The van der Waals surface area contributed by atoms with Crippen LogP contribution in [0.5, 0.6) is 0 Å². The van der Waals surface area contributed by atoms with E-state index in [-0.39, 0.29) is 11.6 Å². The first-order chi connectivity index (χ1) is 8.18. The largest absolute Gasteiger partial charge is 0.299 e. The maximum atomic E-state index is 13.2. The summed E-state index contributed by atoms with van der Waals surface area (Å²) < 4.78 is 13.2. The second-order valence-electron chi connectivity index (χ2n) is 3.93. The molecule has 0 saturated carbocycles.